The average molecular weight is 452 g/mol. The second-order valence-electron chi connectivity index (χ2n) is 9.00. The van der Waals surface area contributed by atoms with Crippen molar-refractivity contribution in [2.45, 2.75) is 64.2 Å². The Labute approximate surface area is 190 Å². The first-order valence-corrected chi connectivity index (χ1v) is 11.7. The van der Waals surface area contributed by atoms with Gasteiger partial charge in [-0.15, -0.1) is 0 Å². The quantitative estimate of drug-likeness (QED) is 0.463. The van der Waals surface area contributed by atoms with Crippen LogP contribution in [0.1, 0.15) is 58.2 Å². The summed E-state index contributed by atoms with van der Waals surface area (Å²) in [5, 5.41) is 0.797. The molecule has 1 saturated heterocycles. The summed E-state index contributed by atoms with van der Waals surface area (Å²) in [5.41, 5.74) is 6.76. The molecule has 9 nitrogen and oxygen atoms in total. The lowest BCUT2D eigenvalue weighted by atomic mass is 9.95. The summed E-state index contributed by atoms with van der Waals surface area (Å²) in [6.45, 7) is 3.89. The molecule has 2 fully saturated rings. The van der Waals surface area contributed by atoms with Crippen molar-refractivity contribution in [3.63, 3.8) is 0 Å². The van der Waals surface area contributed by atoms with Gasteiger partial charge in [-0.1, -0.05) is 19.3 Å². The highest BCUT2D eigenvalue weighted by molar-refractivity contribution is 5.91. The van der Waals surface area contributed by atoms with E-state index in [4.69, 9.17) is 4.74 Å². The molecule has 1 aliphatic carbocycles. The zero-order valence-electron chi connectivity index (χ0n) is 18.9. The number of pyridine rings is 3. The summed E-state index contributed by atoms with van der Waals surface area (Å²) in [6.07, 6.45) is 8.30. The summed E-state index contributed by atoms with van der Waals surface area (Å²) < 4.78 is 8.51. The van der Waals surface area contributed by atoms with E-state index < -0.39 is 12.1 Å². The molecule has 9 heteroatoms. The van der Waals surface area contributed by atoms with Crippen molar-refractivity contribution >= 4 is 27.8 Å². The topological polar surface area (TPSA) is 107 Å². The number of hydrogen-bond acceptors (Lipinski definition) is 7. The first-order chi connectivity index (χ1) is 16.0. The molecule has 2 aliphatic rings. The second kappa shape index (κ2) is 8.72. The van der Waals surface area contributed by atoms with E-state index >= 15 is 0 Å². The molecule has 3 aromatic rings. The van der Waals surface area contributed by atoms with Crippen molar-refractivity contribution in [2.24, 2.45) is 5.92 Å². The van der Waals surface area contributed by atoms with Crippen molar-refractivity contribution in [2.75, 3.05) is 6.61 Å². The van der Waals surface area contributed by atoms with Gasteiger partial charge < -0.3 is 9.30 Å². The van der Waals surface area contributed by atoms with Gasteiger partial charge in [0.2, 0.25) is 0 Å². The third kappa shape index (κ3) is 3.75. The first kappa shape index (κ1) is 21.8. The lowest BCUT2D eigenvalue weighted by Crippen LogP contribution is -2.38. The molecule has 0 spiro atoms. The monoisotopic (exact) mass is 451 g/mol. The third-order valence-electron chi connectivity index (χ3n) is 6.96. The second-order valence-corrected chi connectivity index (χ2v) is 9.00. The number of nitrogens with one attached hydrogen (secondary N) is 2. The van der Waals surface area contributed by atoms with E-state index in [2.05, 4.69) is 15.8 Å². The molecular weight excluding hydrogens is 422 g/mol. The van der Waals surface area contributed by atoms with Crippen LogP contribution in [0, 0.1) is 5.92 Å². The van der Waals surface area contributed by atoms with Gasteiger partial charge in [0.05, 0.1) is 28.4 Å². The number of nitrogens with zero attached hydrogens (tertiary/aromatic N) is 3. The maximum atomic E-state index is 13.5. The number of rotatable bonds is 4. The summed E-state index contributed by atoms with van der Waals surface area (Å²) in [6, 6.07) is 5.24. The van der Waals surface area contributed by atoms with Gasteiger partial charge in [-0.2, -0.15) is 0 Å². The Morgan fingerprint density at radius 2 is 1.67 bits per heavy atom. The van der Waals surface area contributed by atoms with Crippen LogP contribution in [0.4, 0.5) is 0 Å². The minimum Gasteiger partial charge on any atom is -0.466 e. The Bertz CT molecular complexity index is 1320. The summed E-state index contributed by atoms with van der Waals surface area (Å²) in [4.78, 5) is 43.9. The molecule has 0 amide bonds. The minimum atomic E-state index is -0.610. The Morgan fingerprint density at radius 1 is 1.03 bits per heavy atom. The highest BCUT2D eigenvalue weighted by Gasteiger charge is 2.41. The molecule has 1 aliphatic heterocycles. The average Bonchev–Trinajstić information content (AvgIpc) is 3.21. The maximum absolute atomic E-state index is 13.5. The van der Waals surface area contributed by atoms with Gasteiger partial charge in [0.25, 0.3) is 11.1 Å². The molecular formula is C24H29N5O4. The number of fused-ring (bicyclic) bond motifs is 2. The van der Waals surface area contributed by atoms with E-state index in [1.165, 1.54) is 11.0 Å². The molecule has 174 valence electrons. The predicted octanol–water partition coefficient (Wildman–Crippen LogP) is 2.39. The van der Waals surface area contributed by atoms with Crippen molar-refractivity contribution in [1.29, 1.82) is 0 Å². The fraction of sp³-hybridized carbons (Fsp3) is 0.500. The van der Waals surface area contributed by atoms with Gasteiger partial charge in [0.15, 0.2) is 0 Å². The van der Waals surface area contributed by atoms with Gasteiger partial charge in [-0.05, 0) is 44.9 Å². The normalized spacial score (nSPS) is 23.9. The molecule has 33 heavy (non-hydrogen) atoms. The molecule has 1 saturated carbocycles. The maximum Gasteiger partial charge on any atom is 0.314 e. The van der Waals surface area contributed by atoms with Gasteiger partial charge in [-0.25, -0.2) is 10.4 Å². The SMILES string of the molecule is CCOC(=O)C1C(C)NNC1n1ccc2nc3ccn(C4CCCCC4)c(=O)c3cc2c1=O. The molecule has 0 radical (unpaired) electrons. The Balaban J connectivity index is 1.61. The van der Waals surface area contributed by atoms with Gasteiger partial charge in [0.1, 0.15) is 12.1 Å². The number of ether oxygens (including phenoxy) is 1. The van der Waals surface area contributed by atoms with Gasteiger partial charge in [0, 0.05) is 24.5 Å². The summed E-state index contributed by atoms with van der Waals surface area (Å²) >= 11 is 0. The molecule has 0 bridgehead atoms. The molecule has 0 aromatic carbocycles. The largest absolute Gasteiger partial charge is 0.466 e. The van der Waals surface area contributed by atoms with E-state index in [0.717, 1.165) is 25.7 Å². The van der Waals surface area contributed by atoms with Crippen LogP contribution >= 0.6 is 0 Å². The summed E-state index contributed by atoms with van der Waals surface area (Å²) in [7, 11) is 0. The Hall–Kier alpha value is -3.04. The minimum absolute atomic E-state index is 0.109. The predicted molar refractivity (Wildman–Crippen MR) is 125 cm³/mol. The third-order valence-corrected chi connectivity index (χ3v) is 6.96. The van der Waals surface area contributed by atoms with E-state index in [-0.39, 0.29) is 35.8 Å². The van der Waals surface area contributed by atoms with Crippen LogP contribution in [0.25, 0.3) is 21.8 Å². The fourth-order valence-corrected chi connectivity index (χ4v) is 5.20. The molecule has 4 heterocycles. The number of carbonyl (C=O) groups excluding carboxylic acids is 1. The molecule has 5 rings (SSSR count). The molecule has 3 atom stereocenters. The van der Waals surface area contributed by atoms with Crippen LogP contribution in [0.2, 0.25) is 0 Å². The zero-order chi connectivity index (χ0) is 23.1. The van der Waals surface area contributed by atoms with Crippen molar-refractivity contribution < 1.29 is 9.53 Å². The standard InChI is InChI=1S/C24H29N5O4/c1-3-33-24(32)20-14(2)26-27-21(20)29-12-10-19-17(23(29)31)13-16-18(25-19)9-11-28(22(16)30)15-7-5-4-6-8-15/h9-15,20-21,26-27H,3-8H2,1-2H3. The van der Waals surface area contributed by atoms with Crippen LogP contribution in [-0.2, 0) is 9.53 Å². The fourth-order valence-electron chi connectivity index (χ4n) is 5.20. The number of hydrogen-bond donors (Lipinski definition) is 2. The Morgan fingerprint density at radius 3 is 2.33 bits per heavy atom. The summed E-state index contributed by atoms with van der Waals surface area (Å²) in [5.74, 6) is -0.941. The van der Waals surface area contributed by atoms with Crippen LogP contribution in [0.3, 0.4) is 0 Å². The molecule has 2 N–H and O–H groups in total. The highest BCUT2D eigenvalue weighted by Crippen LogP contribution is 2.28. The van der Waals surface area contributed by atoms with Gasteiger partial charge >= 0.3 is 5.97 Å². The van der Waals surface area contributed by atoms with Crippen LogP contribution in [0.5, 0.6) is 0 Å². The smallest absolute Gasteiger partial charge is 0.314 e. The lowest BCUT2D eigenvalue weighted by Gasteiger charge is -2.24. The van der Waals surface area contributed by atoms with Crippen LogP contribution < -0.4 is 22.0 Å². The van der Waals surface area contributed by atoms with E-state index in [1.807, 2.05) is 19.2 Å². The van der Waals surface area contributed by atoms with E-state index in [0.29, 0.717) is 21.8 Å². The van der Waals surface area contributed by atoms with E-state index in [9.17, 15) is 14.4 Å². The van der Waals surface area contributed by atoms with E-state index in [1.54, 1.807) is 29.8 Å². The zero-order valence-corrected chi connectivity index (χ0v) is 18.9. The molecule has 3 aromatic heterocycles. The number of hydrazine groups is 1. The van der Waals surface area contributed by atoms with Crippen molar-refractivity contribution in [1.82, 2.24) is 25.0 Å². The Kier molecular flexibility index (Phi) is 5.76. The van der Waals surface area contributed by atoms with Crippen LogP contribution in [0.15, 0.2) is 40.2 Å². The number of carbonyl (C=O) groups is 1. The highest BCUT2D eigenvalue weighted by atomic mass is 16.5. The molecule has 3 unspecified atom stereocenters. The van der Waals surface area contributed by atoms with Crippen molar-refractivity contribution in [3.05, 3.63) is 51.3 Å². The lowest BCUT2D eigenvalue weighted by molar-refractivity contribution is -0.149. The number of esters is 1. The first-order valence-electron chi connectivity index (χ1n) is 11.7. The number of aromatic nitrogens is 3. The van der Waals surface area contributed by atoms with Crippen molar-refractivity contribution in [3.8, 4) is 0 Å². The van der Waals surface area contributed by atoms with Gasteiger partial charge in [-0.3, -0.25) is 24.4 Å². The van der Waals surface area contributed by atoms with Crippen LogP contribution in [-0.4, -0.2) is 32.7 Å².